The Balaban J connectivity index is 2.25. The van der Waals surface area contributed by atoms with Gasteiger partial charge in [0.1, 0.15) is 12.5 Å². The number of rotatable bonds is 3. The van der Waals surface area contributed by atoms with Gasteiger partial charge in [-0.05, 0) is 17.5 Å². The van der Waals surface area contributed by atoms with E-state index in [1.165, 1.54) is 0 Å². The number of carbonyl (C=O) groups excluding carboxylic acids is 1. The monoisotopic (exact) mass is 313 g/mol. The molecule has 2 aliphatic rings. The molecule has 2 aliphatic heterocycles. The molecule has 23 heavy (non-hydrogen) atoms. The Hall–Kier alpha value is -2.50. The molecular weight excluding hydrogens is 294 g/mol. The molecule has 0 bridgehead atoms. The molecule has 0 radical (unpaired) electrons. The van der Waals surface area contributed by atoms with Crippen LogP contribution in [-0.4, -0.2) is 35.1 Å². The number of aliphatic carboxylic acids is 1. The van der Waals surface area contributed by atoms with Gasteiger partial charge in [-0.3, -0.25) is 14.6 Å². The Morgan fingerprint density at radius 3 is 2.65 bits per heavy atom. The van der Waals surface area contributed by atoms with E-state index in [-0.39, 0.29) is 24.2 Å². The largest absolute Gasteiger partial charge is 0.481 e. The minimum atomic E-state index is -0.960. The van der Waals surface area contributed by atoms with Gasteiger partial charge < -0.3 is 10.4 Å². The van der Waals surface area contributed by atoms with Crippen molar-refractivity contribution in [2.24, 2.45) is 21.8 Å². The number of hydrogen-bond donors (Lipinski definition) is 2. The second kappa shape index (κ2) is 5.30. The molecule has 120 valence electrons. The van der Waals surface area contributed by atoms with Crippen molar-refractivity contribution in [1.29, 1.82) is 0 Å². The molecule has 0 saturated heterocycles. The van der Waals surface area contributed by atoms with E-state index in [2.05, 4.69) is 15.3 Å². The lowest BCUT2D eigenvalue weighted by Crippen LogP contribution is -2.52. The summed E-state index contributed by atoms with van der Waals surface area (Å²) in [5.41, 5.74) is 1.34. The highest BCUT2D eigenvalue weighted by molar-refractivity contribution is 6.49. The number of fused-ring (bicyclic) bond motifs is 1. The Morgan fingerprint density at radius 1 is 1.39 bits per heavy atom. The molecule has 0 aliphatic carbocycles. The minimum absolute atomic E-state index is 0.0146. The summed E-state index contributed by atoms with van der Waals surface area (Å²) in [5.74, 6) is -1.72. The summed E-state index contributed by atoms with van der Waals surface area (Å²) in [4.78, 5) is 32.2. The Labute approximate surface area is 134 Å². The SMILES string of the molecule is CC(C)C1(C)c2ccccc2N=C(C2=NCC(=O)N2)C1C(=O)O. The minimum Gasteiger partial charge on any atom is -0.481 e. The second-order valence-corrected chi connectivity index (χ2v) is 6.44. The molecule has 2 atom stereocenters. The average Bonchev–Trinajstić information content (AvgIpc) is 2.93. The third-order valence-electron chi connectivity index (χ3n) is 4.93. The van der Waals surface area contributed by atoms with Crippen LogP contribution in [0.2, 0.25) is 0 Å². The summed E-state index contributed by atoms with van der Waals surface area (Å²) < 4.78 is 0. The van der Waals surface area contributed by atoms with Crippen molar-refractivity contribution in [2.75, 3.05) is 6.54 Å². The predicted octanol–water partition coefficient (Wildman–Crippen LogP) is 1.92. The maximum atomic E-state index is 12.1. The lowest BCUT2D eigenvalue weighted by atomic mass is 9.61. The first kappa shape index (κ1) is 15.4. The van der Waals surface area contributed by atoms with Gasteiger partial charge in [-0.15, -0.1) is 0 Å². The normalized spacial score (nSPS) is 26.4. The zero-order valence-electron chi connectivity index (χ0n) is 13.3. The lowest BCUT2D eigenvalue weighted by molar-refractivity contribution is -0.142. The summed E-state index contributed by atoms with van der Waals surface area (Å²) in [6, 6.07) is 7.57. The molecular formula is C17H19N3O3. The Morgan fingerprint density at radius 2 is 2.09 bits per heavy atom. The quantitative estimate of drug-likeness (QED) is 0.893. The molecule has 1 aromatic carbocycles. The number of aliphatic imine (C=N–C) groups is 2. The maximum absolute atomic E-state index is 12.1. The van der Waals surface area contributed by atoms with E-state index in [4.69, 9.17) is 0 Å². The van der Waals surface area contributed by atoms with Crippen molar-refractivity contribution in [3.05, 3.63) is 29.8 Å². The van der Waals surface area contributed by atoms with E-state index in [0.29, 0.717) is 5.71 Å². The van der Waals surface area contributed by atoms with Gasteiger partial charge in [-0.25, -0.2) is 4.99 Å². The van der Waals surface area contributed by atoms with Gasteiger partial charge >= 0.3 is 5.97 Å². The number of amides is 1. The number of carbonyl (C=O) groups is 2. The molecule has 2 N–H and O–H groups in total. The van der Waals surface area contributed by atoms with Gasteiger partial charge in [0.25, 0.3) is 0 Å². The van der Waals surface area contributed by atoms with Gasteiger partial charge in [-0.2, -0.15) is 0 Å². The number of carboxylic acid groups (broad SMARTS) is 1. The van der Waals surface area contributed by atoms with Gasteiger partial charge in [0.05, 0.1) is 11.4 Å². The first-order chi connectivity index (χ1) is 10.9. The summed E-state index contributed by atoms with van der Waals surface area (Å²) in [6.45, 7) is 5.97. The molecule has 2 unspecified atom stereocenters. The highest BCUT2D eigenvalue weighted by Crippen LogP contribution is 2.47. The number of carboxylic acids is 1. The number of hydrogen-bond acceptors (Lipinski definition) is 4. The van der Waals surface area contributed by atoms with Gasteiger partial charge in [0, 0.05) is 5.41 Å². The molecule has 0 saturated carbocycles. The van der Waals surface area contributed by atoms with Crippen LogP contribution in [0.4, 0.5) is 5.69 Å². The first-order valence-corrected chi connectivity index (χ1v) is 7.61. The molecule has 1 aromatic rings. The van der Waals surface area contributed by atoms with Crippen LogP contribution in [-0.2, 0) is 15.0 Å². The molecule has 0 spiro atoms. The van der Waals surface area contributed by atoms with Crippen LogP contribution in [0.25, 0.3) is 0 Å². The third kappa shape index (κ3) is 2.25. The fourth-order valence-electron chi connectivity index (χ4n) is 3.37. The number of nitrogens with one attached hydrogen (secondary N) is 1. The van der Waals surface area contributed by atoms with Crippen LogP contribution in [0.1, 0.15) is 26.3 Å². The van der Waals surface area contributed by atoms with Crippen molar-refractivity contribution < 1.29 is 14.7 Å². The molecule has 0 aromatic heterocycles. The molecule has 6 heteroatoms. The number of para-hydroxylation sites is 1. The number of amidine groups is 1. The van der Waals surface area contributed by atoms with Crippen molar-refractivity contribution in [3.8, 4) is 0 Å². The Kier molecular flexibility index (Phi) is 3.55. The fourth-order valence-corrected chi connectivity index (χ4v) is 3.37. The Bertz CT molecular complexity index is 751. The summed E-state index contributed by atoms with van der Waals surface area (Å²) in [5, 5.41) is 12.5. The summed E-state index contributed by atoms with van der Waals surface area (Å²) >= 11 is 0. The molecule has 3 rings (SSSR count). The fraction of sp³-hybridized carbons (Fsp3) is 0.412. The number of benzene rings is 1. The number of nitrogens with zero attached hydrogens (tertiary/aromatic N) is 2. The van der Waals surface area contributed by atoms with Crippen LogP contribution < -0.4 is 5.32 Å². The van der Waals surface area contributed by atoms with E-state index >= 15 is 0 Å². The second-order valence-electron chi connectivity index (χ2n) is 6.44. The molecule has 6 nitrogen and oxygen atoms in total. The third-order valence-corrected chi connectivity index (χ3v) is 4.93. The van der Waals surface area contributed by atoms with Crippen LogP contribution in [0.5, 0.6) is 0 Å². The molecule has 2 heterocycles. The van der Waals surface area contributed by atoms with Gasteiger partial charge in [-0.1, -0.05) is 39.0 Å². The van der Waals surface area contributed by atoms with Crippen LogP contribution >= 0.6 is 0 Å². The standard InChI is InChI=1S/C17H19N3O3/c1-9(2)17(3)10-6-4-5-7-11(10)19-14(13(17)16(22)23)15-18-8-12(21)20-15/h4-7,9,13H,8H2,1-3H3,(H,22,23)(H,18,20,21). The van der Waals surface area contributed by atoms with Gasteiger partial charge in [0.2, 0.25) is 5.91 Å². The summed E-state index contributed by atoms with van der Waals surface area (Å²) in [6.07, 6.45) is 0. The highest BCUT2D eigenvalue weighted by Gasteiger charge is 2.51. The maximum Gasteiger partial charge on any atom is 0.313 e. The van der Waals surface area contributed by atoms with E-state index < -0.39 is 17.3 Å². The zero-order chi connectivity index (χ0) is 16.8. The van der Waals surface area contributed by atoms with Gasteiger partial charge in [0.15, 0.2) is 5.84 Å². The molecule has 1 amide bonds. The topological polar surface area (TPSA) is 91.1 Å². The van der Waals surface area contributed by atoms with Crippen LogP contribution in [0.15, 0.2) is 34.3 Å². The molecule has 0 fully saturated rings. The average molecular weight is 313 g/mol. The lowest BCUT2D eigenvalue weighted by Gasteiger charge is -2.43. The van der Waals surface area contributed by atoms with E-state index in [0.717, 1.165) is 11.3 Å². The summed E-state index contributed by atoms with van der Waals surface area (Å²) in [7, 11) is 0. The van der Waals surface area contributed by atoms with Crippen molar-refractivity contribution in [3.63, 3.8) is 0 Å². The van der Waals surface area contributed by atoms with Crippen molar-refractivity contribution >= 4 is 29.1 Å². The highest BCUT2D eigenvalue weighted by atomic mass is 16.4. The zero-order valence-corrected chi connectivity index (χ0v) is 13.3. The van der Waals surface area contributed by atoms with E-state index in [1.54, 1.807) is 0 Å². The predicted molar refractivity (Wildman–Crippen MR) is 87.3 cm³/mol. The van der Waals surface area contributed by atoms with Crippen molar-refractivity contribution in [2.45, 2.75) is 26.2 Å². The van der Waals surface area contributed by atoms with E-state index in [9.17, 15) is 14.7 Å². The smallest absolute Gasteiger partial charge is 0.313 e. The van der Waals surface area contributed by atoms with Crippen LogP contribution in [0, 0.1) is 11.8 Å². The van der Waals surface area contributed by atoms with E-state index in [1.807, 2.05) is 45.0 Å². The van der Waals surface area contributed by atoms with Crippen LogP contribution in [0.3, 0.4) is 0 Å². The van der Waals surface area contributed by atoms with Crippen molar-refractivity contribution in [1.82, 2.24) is 5.32 Å². The first-order valence-electron chi connectivity index (χ1n) is 7.61.